The summed E-state index contributed by atoms with van der Waals surface area (Å²) < 4.78 is 18.3. The minimum atomic E-state index is 0.199. The van der Waals surface area contributed by atoms with Gasteiger partial charge >= 0.3 is 0 Å². The van der Waals surface area contributed by atoms with Gasteiger partial charge in [-0.25, -0.2) is 0 Å². The summed E-state index contributed by atoms with van der Waals surface area (Å²) in [6.45, 7) is 0.199. The monoisotopic (exact) mass is 318 g/mol. The van der Waals surface area contributed by atoms with Gasteiger partial charge in [0.05, 0.1) is 13.3 Å². The lowest BCUT2D eigenvalue weighted by molar-refractivity contribution is 0.171. The second-order valence-electron chi connectivity index (χ2n) is 5.17. The van der Waals surface area contributed by atoms with Crippen molar-refractivity contribution < 1.29 is 14.2 Å². The van der Waals surface area contributed by atoms with Gasteiger partial charge in [-0.2, -0.15) is 14.9 Å². The van der Waals surface area contributed by atoms with E-state index in [2.05, 4.69) is 15.3 Å². The number of fused-ring (bicyclic) bond motifs is 1. The molecule has 2 aromatic rings. The summed E-state index contributed by atoms with van der Waals surface area (Å²) in [7, 11) is 1.59. The fraction of sp³-hybridized carbons (Fsp3) is 0.357. The zero-order valence-corrected chi connectivity index (χ0v) is 12.7. The number of H-pyrrole nitrogens is 1. The molecule has 0 bridgehead atoms. The zero-order chi connectivity index (χ0) is 15.1. The van der Waals surface area contributed by atoms with E-state index in [0.717, 1.165) is 24.2 Å². The predicted molar refractivity (Wildman–Crippen MR) is 81.5 cm³/mol. The van der Waals surface area contributed by atoms with Gasteiger partial charge < -0.3 is 14.2 Å². The number of methoxy groups -OCH3 is 1. The Bertz CT molecular complexity index is 807. The summed E-state index contributed by atoms with van der Waals surface area (Å²) in [6, 6.07) is 3.70. The number of benzene rings is 1. The molecular formula is C14H14N4O3S. The van der Waals surface area contributed by atoms with E-state index >= 15 is 0 Å². The molecule has 114 valence electrons. The van der Waals surface area contributed by atoms with Crippen LogP contribution < -0.4 is 14.2 Å². The molecule has 1 fully saturated rings. The highest BCUT2D eigenvalue weighted by molar-refractivity contribution is 7.71. The second kappa shape index (κ2) is 5.13. The third-order valence-electron chi connectivity index (χ3n) is 3.62. The Labute approximate surface area is 131 Å². The number of nitrogens with one attached hydrogen (secondary N) is 1. The fourth-order valence-corrected chi connectivity index (χ4v) is 2.56. The lowest BCUT2D eigenvalue weighted by atomic mass is 10.2. The number of hydrogen-bond acceptors (Lipinski definition) is 6. The lowest BCUT2D eigenvalue weighted by Gasteiger charge is -2.05. The van der Waals surface area contributed by atoms with Crippen molar-refractivity contribution in [3.63, 3.8) is 0 Å². The van der Waals surface area contributed by atoms with Gasteiger partial charge in [0.2, 0.25) is 17.3 Å². The summed E-state index contributed by atoms with van der Waals surface area (Å²) in [5, 5.41) is 11.5. The average molecular weight is 318 g/mol. The van der Waals surface area contributed by atoms with Crippen LogP contribution in [0, 0.1) is 4.77 Å². The number of ether oxygens (including phenoxy) is 3. The van der Waals surface area contributed by atoms with Crippen LogP contribution in [0.25, 0.3) is 0 Å². The van der Waals surface area contributed by atoms with E-state index in [9.17, 15) is 0 Å². The van der Waals surface area contributed by atoms with Crippen LogP contribution in [0.3, 0.4) is 0 Å². The summed E-state index contributed by atoms with van der Waals surface area (Å²) in [6.07, 6.45) is 3.97. The van der Waals surface area contributed by atoms with Gasteiger partial charge in [0, 0.05) is 11.5 Å². The van der Waals surface area contributed by atoms with Crippen molar-refractivity contribution in [1.82, 2.24) is 14.9 Å². The van der Waals surface area contributed by atoms with E-state index in [1.165, 1.54) is 0 Å². The molecule has 1 aliphatic carbocycles. The molecule has 2 aliphatic rings. The highest BCUT2D eigenvalue weighted by atomic mass is 32.1. The fourth-order valence-electron chi connectivity index (χ4n) is 2.37. The molecule has 0 atom stereocenters. The number of hydrogen-bond donors (Lipinski definition) is 1. The van der Waals surface area contributed by atoms with Crippen LogP contribution in [0.1, 0.15) is 30.1 Å². The maximum atomic E-state index is 5.40. The Hall–Kier alpha value is -2.35. The first-order valence-corrected chi connectivity index (χ1v) is 7.36. The third kappa shape index (κ3) is 2.25. The number of nitrogens with zero attached hydrogens (tertiary/aromatic N) is 3. The topological polar surface area (TPSA) is 73.7 Å². The van der Waals surface area contributed by atoms with Crippen molar-refractivity contribution >= 4 is 18.4 Å². The van der Waals surface area contributed by atoms with Gasteiger partial charge in [-0.05, 0) is 37.2 Å². The first-order chi connectivity index (χ1) is 10.8. The van der Waals surface area contributed by atoms with Crippen LogP contribution in [0.15, 0.2) is 17.2 Å². The molecule has 1 saturated carbocycles. The van der Waals surface area contributed by atoms with Crippen LogP contribution in [0.2, 0.25) is 0 Å². The first kappa shape index (κ1) is 13.3. The normalized spacial score (nSPS) is 16.4. The third-order valence-corrected chi connectivity index (χ3v) is 3.89. The van der Waals surface area contributed by atoms with Crippen molar-refractivity contribution in [1.29, 1.82) is 0 Å². The Morgan fingerprint density at radius 3 is 3.09 bits per heavy atom. The quantitative estimate of drug-likeness (QED) is 0.692. The van der Waals surface area contributed by atoms with Gasteiger partial charge in [0.15, 0.2) is 17.3 Å². The average Bonchev–Trinajstić information content (AvgIpc) is 3.14. The van der Waals surface area contributed by atoms with Gasteiger partial charge in [-0.1, -0.05) is 0 Å². The molecule has 0 radical (unpaired) electrons. The van der Waals surface area contributed by atoms with Crippen LogP contribution >= 0.6 is 12.2 Å². The summed E-state index contributed by atoms with van der Waals surface area (Å²) in [5.74, 6) is 3.23. The Morgan fingerprint density at radius 2 is 2.32 bits per heavy atom. The molecule has 0 saturated heterocycles. The molecule has 0 spiro atoms. The molecular weight excluding hydrogens is 304 g/mol. The van der Waals surface area contributed by atoms with Crippen LogP contribution in [-0.2, 0) is 0 Å². The number of rotatable bonds is 4. The van der Waals surface area contributed by atoms with Gasteiger partial charge in [0.1, 0.15) is 0 Å². The van der Waals surface area contributed by atoms with Gasteiger partial charge in [0.25, 0.3) is 0 Å². The van der Waals surface area contributed by atoms with E-state index in [4.69, 9.17) is 26.4 Å². The Kier molecular flexibility index (Phi) is 3.11. The molecule has 0 unspecified atom stereocenters. The van der Waals surface area contributed by atoms with Crippen molar-refractivity contribution in [3.05, 3.63) is 28.3 Å². The van der Waals surface area contributed by atoms with Crippen LogP contribution in [-0.4, -0.2) is 35.0 Å². The lowest BCUT2D eigenvalue weighted by Crippen LogP contribution is -1.97. The minimum absolute atomic E-state index is 0.199. The zero-order valence-electron chi connectivity index (χ0n) is 11.9. The maximum absolute atomic E-state index is 5.40. The second-order valence-corrected chi connectivity index (χ2v) is 5.56. The van der Waals surface area contributed by atoms with Crippen LogP contribution in [0.4, 0.5) is 0 Å². The Balaban J connectivity index is 1.69. The molecule has 0 amide bonds. The van der Waals surface area contributed by atoms with Crippen molar-refractivity contribution in [3.8, 4) is 17.2 Å². The van der Waals surface area contributed by atoms with E-state index in [-0.39, 0.29) is 6.79 Å². The van der Waals surface area contributed by atoms with E-state index in [0.29, 0.717) is 27.9 Å². The first-order valence-electron chi connectivity index (χ1n) is 6.95. The minimum Gasteiger partial charge on any atom is -0.493 e. The molecule has 7 nitrogen and oxygen atoms in total. The Morgan fingerprint density at radius 1 is 1.45 bits per heavy atom. The summed E-state index contributed by atoms with van der Waals surface area (Å²) in [4.78, 5) is 0. The van der Waals surface area contributed by atoms with Crippen molar-refractivity contribution in [2.75, 3.05) is 13.9 Å². The standard InChI is InChI=1S/C14H14N4O3S/c1-19-10-4-8(5-11-12(10)21-7-20-11)6-15-18-13(9-2-3-9)16-17-14(18)22/h4-6,9H,2-3,7H2,1H3,(H,17,22)/b15-6-. The van der Waals surface area contributed by atoms with Crippen molar-refractivity contribution in [2.45, 2.75) is 18.8 Å². The summed E-state index contributed by atoms with van der Waals surface area (Å²) >= 11 is 5.23. The summed E-state index contributed by atoms with van der Waals surface area (Å²) in [5.41, 5.74) is 0.839. The highest BCUT2D eigenvalue weighted by Crippen LogP contribution is 2.41. The predicted octanol–water partition coefficient (Wildman–Crippen LogP) is 2.44. The molecule has 1 aliphatic heterocycles. The molecule has 22 heavy (non-hydrogen) atoms. The van der Waals surface area contributed by atoms with Crippen molar-refractivity contribution in [2.24, 2.45) is 5.10 Å². The molecule has 1 aromatic carbocycles. The van der Waals surface area contributed by atoms with E-state index in [1.54, 1.807) is 18.0 Å². The molecule has 2 heterocycles. The largest absolute Gasteiger partial charge is 0.493 e. The highest BCUT2D eigenvalue weighted by Gasteiger charge is 2.29. The van der Waals surface area contributed by atoms with Gasteiger partial charge in [-0.3, -0.25) is 5.10 Å². The van der Waals surface area contributed by atoms with E-state index < -0.39 is 0 Å². The smallest absolute Gasteiger partial charge is 0.231 e. The van der Waals surface area contributed by atoms with Crippen LogP contribution in [0.5, 0.6) is 17.2 Å². The van der Waals surface area contributed by atoms with E-state index in [1.807, 2.05) is 12.1 Å². The molecule has 1 aromatic heterocycles. The number of aromatic nitrogens is 3. The molecule has 1 N–H and O–H groups in total. The SMILES string of the molecule is COc1cc(/C=N\n2c(C3CC3)n[nH]c2=S)cc2c1OCO2. The molecule has 4 rings (SSSR count). The van der Waals surface area contributed by atoms with Gasteiger partial charge in [-0.15, -0.1) is 0 Å². The maximum Gasteiger partial charge on any atom is 0.231 e. The number of aromatic amines is 1. The molecule has 8 heteroatoms.